The van der Waals surface area contributed by atoms with Crippen molar-refractivity contribution in [2.75, 3.05) is 14.2 Å². The number of aryl methyl sites for hydroxylation is 1. The summed E-state index contributed by atoms with van der Waals surface area (Å²) in [7, 11) is 3.59. The molecule has 0 spiro atoms. The lowest BCUT2D eigenvalue weighted by atomic mass is 9.98. The van der Waals surface area contributed by atoms with Crippen LogP contribution in [0.4, 0.5) is 0 Å². The van der Waals surface area contributed by atoms with Crippen LogP contribution in [0.2, 0.25) is 0 Å². The van der Waals surface area contributed by atoms with Gasteiger partial charge < -0.3 is 10.1 Å². The van der Waals surface area contributed by atoms with E-state index >= 15 is 0 Å². The van der Waals surface area contributed by atoms with Crippen LogP contribution in [0.15, 0.2) is 41.1 Å². The Kier molecular flexibility index (Phi) is 4.56. The molecule has 0 aliphatic rings. The Hall–Kier alpha value is -1.39. The maximum Gasteiger partial charge on any atom is 0.137 e. The van der Waals surface area contributed by atoms with Gasteiger partial charge in [-0.25, -0.2) is 0 Å². The van der Waals surface area contributed by atoms with Crippen molar-refractivity contribution in [1.29, 1.82) is 0 Å². The van der Waals surface area contributed by atoms with Gasteiger partial charge in [-0.1, -0.05) is 33.6 Å². The van der Waals surface area contributed by atoms with Crippen LogP contribution in [0.1, 0.15) is 22.7 Å². The SMILES string of the molecule is CNC(c1cncc(OC)c1)c1cc(C)ccc1Br. The lowest BCUT2D eigenvalue weighted by Gasteiger charge is -2.19. The number of pyridine rings is 1. The average Bonchev–Trinajstić information content (AvgIpc) is 2.44. The first kappa shape index (κ1) is 14.0. The van der Waals surface area contributed by atoms with Crippen LogP contribution in [-0.2, 0) is 0 Å². The molecule has 2 rings (SSSR count). The van der Waals surface area contributed by atoms with Crippen molar-refractivity contribution in [2.45, 2.75) is 13.0 Å². The zero-order valence-electron chi connectivity index (χ0n) is 11.3. The van der Waals surface area contributed by atoms with E-state index in [1.807, 2.05) is 19.3 Å². The number of hydrogen-bond acceptors (Lipinski definition) is 3. The predicted molar refractivity (Wildman–Crippen MR) is 80.6 cm³/mol. The molecule has 1 atom stereocenters. The van der Waals surface area contributed by atoms with Crippen LogP contribution in [0.5, 0.6) is 5.75 Å². The van der Waals surface area contributed by atoms with E-state index in [1.165, 1.54) is 11.1 Å². The average molecular weight is 321 g/mol. The summed E-state index contributed by atoms with van der Waals surface area (Å²) in [4.78, 5) is 4.22. The van der Waals surface area contributed by atoms with Gasteiger partial charge in [0.05, 0.1) is 19.3 Å². The Bertz CT molecular complexity index is 572. The third kappa shape index (κ3) is 3.14. The molecule has 1 unspecified atom stereocenters. The molecular formula is C15H17BrN2O. The van der Waals surface area contributed by atoms with E-state index < -0.39 is 0 Å². The van der Waals surface area contributed by atoms with E-state index in [0.717, 1.165) is 15.8 Å². The summed E-state index contributed by atoms with van der Waals surface area (Å²) in [6, 6.07) is 8.41. The molecule has 0 aliphatic heterocycles. The summed E-state index contributed by atoms with van der Waals surface area (Å²) >= 11 is 3.61. The molecule has 1 heterocycles. The number of halogens is 1. The van der Waals surface area contributed by atoms with Crippen LogP contribution in [0, 0.1) is 6.92 Å². The molecule has 1 aromatic heterocycles. The van der Waals surface area contributed by atoms with Crippen LogP contribution in [0.25, 0.3) is 0 Å². The topological polar surface area (TPSA) is 34.2 Å². The van der Waals surface area contributed by atoms with Gasteiger partial charge in [-0.15, -0.1) is 0 Å². The van der Waals surface area contributed by atoms with E-state index in [-0.39, 0.29) is 6.04 Å². The van der Waals surface area contributed by atoms with Gasteiger partial charge >= 0.3 is 0 Å². The van der Waals surface area contributed by atoms with Crippen molar-refractivity contribution in [3.8, 4) is 5.75 Å². The van der Waals surface area contributed by atoms with Crippen molar-refractivity contribution < 1.29 is 4.74 Å². The second-order valence-corrected chi connectivity index (χ2v) is 5.26. The summed E-state index contributed by atoms with van der Waals surface area (Å²) in [5, 5.41) is 3.33. The zero-order valence-corrected chi connectivity index (χ0v) is 12.9. The van der Waals surface area contributed by atoms with Crippen molar-refractivity contribution in [1.82, 2.24) is 10.3 Å². The summed E-state index contributed by atoms with van der Waals surface area (Å²) in [6.45, 7) is 2.09. The van der Waals surface area contributed by atoms with Crippen LogP contribution < -0.4 is 10.1 Å². The number of methoxy groups -OCH3 is 1. The molecule has 0 fully saturated rings. The molecule has 0 amide bonds. The molecule has 0 saturated carbocycles. The smallest absolute Gasteiger partial charge is 0.137 e. The fourth-order valence-corrected chi connectivity index (χ4v) is 2.57. The number of aromatic nitrogens is 1. The highest BCUT2D eigenvalue weighted by Crippen LogP contribution is 2.30. The first-order valence-corrected chi connectivity index (χ1v) is 6.87. The summed E-state index contributed by atoms with van der Waals surface area (Å²) in [5.41, 5.74) is 3.50. The third-order valence-electron chi connectivity index (χ3n) is 3.05. The zero-order chi connectivity index (χ0) is 13.8. The minimum atomic E-state index is 0.0804. The number of hydrogen-bond donors (Lipinski definition) is 1. The molecule has 1 aromatic carbocycles. The standard InChI is InChI=1S/C15H17BrN2O/c1-10-4-5-14(16)13(6-10)15(17-2)11-7-12(19-3)9-18-8-11/h4-9,15,17H,1-3H3. The molecule has 1 N–H and O–H groups in total. The Labute approximate surface area is 122 Å². The Morgan fingerprint density at radius 2 is 2.05 bits per heavy atom. The third-order valence-corrected chi connectivity index (χ3v) is 3.78. The Morgan fingerprint density at radius 3 is 2.74 bits per heavy atom. The summed E-state index contributed by atoms with van der Waals surface area (Å²) in [5.74, 6) is 0.765. The fourth-order valence-electron chi connectivity index (χ4n) is 2.09. The second-order valence-electron chi connectivity index (χ2n) is 4.40. The van der Waals surface area contributed by atoms with Gasteiger partial charge in [0.2, 0.25) is 0 Å². The number of nitrogens with zero attached hydrogens (tertiary/aromatic N) is 1. The predicted octanol–water partition coefficient (Wildman–Crippen LogP) is 3.47. The highest BCUT2D eigenvalue weighted by Gasteiger charge is 2.16. The minimum Gasteiger partial charge on any atom is -0.495 e. The molecule has 19 heavy (non-hydrogen) atoms. The van der Waals surface area contributed by atoms with Gasteiger partial charge in [0, 0.05) is 10.7 Å². The lowest BCUT2D eigenvalue weighted by Crippen LogP contribution is -2.18. The van der Waals surface area contributed by atoms with Gasteiger partial charge in [0.1, 0.15) is 5.75 Å². The van der Waals surface area contributed by atoms with E-state index in [4.69, 9.17) is 4.74 Å². The van der Waals surface area contributed by atoms with Gasteiger partial charge in [-0.3, -0.25) is 4.98 Å². The summed E-state index contributed by atoms with van der Waals surface area (Å²) < 4.78 is 6.32. The molecule has 4 heteroatoms. The number of benzene rings is 1. The molecule has 3 nitrogen and oxygen atoms in total. The molecule has 0 aliphatic carbocycles. The van der Waals surface area contributed by atoms with E-state index in [9.17, 15) is 0 Å². The molecule has 0 radical (unpaired) electrons. The minimum absolute atomic E-state index is 0.0804. The maximum absolute atomic E-state index is 5.24. The maximum atomic E-state index is 5.24. The van der Waals surface area contributed by atoms with Crippen LogP contribution in [0.3, 0.4) is 0 Å². The Morgan fingerprint density at radius 1 is 1.26 bits per heavy atom. The second kappa shape index (κ2) is 6.17. The first-order valence-electron chi connectivity index (χ1n) is 6.08. The monoisotopic (exact) mass is 320 g/mol. The highest BCUT2D eigenvalue weighted by molar-refractivity contribution is 9.10. The van der Waals surface area contributed by atoms with Gasteiger partial charge in [0.15, 0.2) is 0 Å². The molecule has 2 aromatic rings. The van der Waals surface area contributed by atoms with Gasteiger partial charge in [-0.2, -0.15) is 0 Å². The molecule has 0 bridgehead atoms. The fraction of sp³-hybridized carbons (Fsp3) is 0.267. The quantitative estimate of drug-likeness (QED) is 0.936. The Balaban J connectivity index is 2.46. The van der Waals surface area contributed by atoms with Crippen molar-refractivity contribution >= 4 is 15.9 Å². The van der Waals surface area contributed by atoms with Crippen LogP contribution in [-0.4, -0.2) is 19.1 Å². The normalized spacial score (nSPS) is 12.2. The van der Waals surface area contributed by atoms with Crippen molar-refractivity contribution in [3.05, 3.63) is 57.8 Å². The van der Waals surface area contributed by atoms with Gasteiger partial charge in [-0.05, 0) is 37.2 Å². The van der Waals surface area contributed by atoms with Crippen LogP contribution >= 0.6 is 15.9 Å². The van der Waals surface area contributed by atoms with Crippen molar-refractivity contribution in [2.24, 2.45) is 0 Å². The lowest BCUT2D eigenvalue weighted by molar-refractivity contribution is 0.411. The van der Waals surface area contributed by atoms with E-state index in [1.54, 1.807) is 13.3 Å². The largest absolute Gasteiger partial charge is 0.495 e. The summed E-state index contributed by atoms with van der Waals surface area (Å²) in [6.07, 6.45) is 3.57. The number of ether oxygens (including phenoxy) is 1. The van der Waals surface area contributed by atoms with Crippen molar-refractivity contribution in [3.63, 3.8) is 0 Å². The molecular weight excluding hydrogens is 304 g/mol. The van der Waals surface area contributed by atoms with E-state index in [2.05, 4.69) is 51.4 Å². The molecule has 100 valence electrons. The molecule has 0 saturated heterocycles. The highest BCUT2D eigenvalue weighted by atomic mass is 79.9. The number of nitrogens with one attached hydrogen (secondary N) is 1. The number of rotatable bonds is 4. The first-order chi connectivity index (χ1) is 9.15. The van der Waals surface area contributed by atoms with E-state index in [0.29, 0.717) is 0 Å². The van der Waals surface area contributed by atoms with Gasteiger partial charge in [0.25, 0.3) is 0 Å².